The third-order valence-electron chi connectivity index (χ3n) is 5.01. The molecule has 3 rings (SSSR count). The minimum Gasteiger partial charge on any atom is -0.496 e. The average Bonchev–Trinajstić information content (AvgIpc) is 2.61. The van der Waals surface area contributed by atoms with E-state index in [0.717, 1.165) is 50.5 Å². The number of hydrogen-bond acceptors (Lipinski definition) is 4. The monoisotopic (exact) mass is 455 g/mol. The number of rotatable bonds is 4. The van der Waals surface area contributed by atoms with Crippen LogP contribution >= 0.6 is 22.6 Å². The molecule has 5 nitrogen and oxygen atoms in total. The molecule has 0 aliphatic carbocycles. The van der Waals surface area contributed by atoms with Gasteiger partial charge in [-0.2, -0.15) is 0 Å². The summed E-state index contributed by atoms with van der Waals surface area (Å²) in [5, 5.41) is 0. The zero-order valence-corrected chi connectivity index (χ0v) is 17.3. The number of benzene rings is 1. The first kappa shape index (κ1) is 18.7. The lowest BCUT2D eigenvalue weighted by Crippen LogP contribution is -2.43. The molecule has 2 aliphatic rings. The predicted molar refractivity (Wildman–Crippen MR) is 109 cm³/mol. The Morgan fingerprint density at radius 3 is 2.56 bits per heavy atom. The number of hydrogen-bond donors (Lipinski definition) is 0. The van der Waals surface area contributed by atoms with E-state index in [9.17, 15) is 4.79 Å². The lowest BCUT2D eigenvalue weighted by atomic mass is 9.97. The molecule has 1 aromatic carbocycles. The normalized spacial score (nSPS) is 22.9. The number of piperazine rings is 1. The van der Waals surface area contributed by atoms with Crippen molar-refractivity contribution in [1.29, 1.82) is 0 Å². The highest BCUT2D eigenvalue weighted by Gasteiger charge is 2.26. The minimum atomic E-state index is -0.00129. The summed E-state index contributed by atoms with van der Waals surface area (Å²) < 4.78 is 5.67. The van der Waals surface area contributed by atoms with Gasteiger partial charge in [0.05, 0.1) is 11.0 Å². The van der Waals surface area contributed by atoms with Gasteiger partial charge in [0, 0.05) is 51.5 Å². The maximum absolute atomic E-state index is 12.0. The summed E-state index contributed by atoms with van der Waals surface area (Å²) in [6.45, 7) is 5.34. The first-order valence-corrected chi connectivity index (χ1v) is 9.92. The molecule has 0 aromatic heterocycles. The molecule has 0 saturated carbocycles. The highest BCUT2D eigenvalue weighted by atomic mass is 127. The molecule has 1 fully saturated rings. The Morgan fingerprint density at radius 2 is 1.92 bits per heavy atom. The fourth-order valence-electron chi connectivity index (χ4n) is 3.37. The van der Waals surface area contributed by atoms with Gasteiger partial charge in [0.25, 0.3) is 0 Å². The summed E-state index contributed by atoms with van der Waals surface area (Å²) in [6.07, 6.45) is 2.72. The molecule has 0 spiro atoms. The molecule has 2 aliphatic heterocycles. The maximum atomic E-state index is 12.0. The molecule has 2 heterocycles. The number of carbonyl (C=O) groups excluding carboxylic acids is 1. The first-order valence-electron chi connectivity index (χ1n) is 8.67. The summed E-state index contributed by atoms with van der Waals surface area (Å²) in [5.41, 5.74) is 3.55. The molecule has 25 heavy (non-hydrogen) atoms. The topological polar surface area (TPSA) is 36.0 Å². The van der Waals surface area contributed by atoms with Gasteiger partial charge in [0.1, 0.15) is 5.75 Å². The first-order chi connectivity index (χ1) is 12.0. The van der Waals surface area contributed by atoms with Crippen molar-refractivity contribution in [1.82, 2.24) is 14.7 Å². The van der Waals surface area contributed by atoms with Crippen LogP contribution in [0, 0.1) is 0 Å². The number of methoxy groups -OCH3 is 1. The van der Waals surface area contributed by atoms with Gasteiger partial charge in [-0.3, -0.25) is 9.69 Å². The van der Waals surface area contributed by atoms with E-state index in [4.69, 9.17) is 4.74 Å². The van der Waals surface area contributed by atoms with Crippen LogP contribution < -0.4 is 4.74 Å². The summed E-state index contributed by atoms with van der Waals surface area (Å²) in [5.74, 6) is 1.10. The van der Waals surface area contributed by atoms with Crippen molar-refractivity contribution in [3.05, 3.63) is 35.5 Å². The van der Waals surface area contributed by atoms with Crippen LogP contribution in [-0.4, -0.2) is 71.9 Å². The fraction of sp³-hybridized carbons (Fsp3) is 0.526. The fourth-order valence-corrected chi connectivity index (χ4v) is 4.28. The third-order valence-corrected chi connectivity index (χ3v) is 5.99. The second-order valence-corrected chi connectivity index (χ2v) is 8.38. The van der Waals surface area contributed by atoms with E-state index in [-0.39, 0.29) is 9.83 Å². The number of alkyl halides is 1. The third kappa shape index (κ3) is 4.35. The van der Waals surface area contributed by atoms with E-state index < -0.39 is 0 Å². The molecule has 1 saturated heterocycles. The zero-order chi connectivity index (χ0) is 18.0. The lowest BCUT2D eigenvalue weighted by molar-refractivity contribution is -0.126. The van der Waals surface area contributed by atoms with Crippen molar-refractivity contribution in [3.63, 3.8) is 0 Å². The number of amides is 1. The Hall–Kier alpha value is -1.12. The number of nitrogens with zero attached hydrogens (tertiary/aromatic N) is 3. The Bertz CT molecular complexity index is 669. The van der Waals surface area contributed by atoms with Gasteiger partial charge < -0.3 is 14.5 Å². The van der Waals surface area contributed by atoms with Crippen molar-refractivity contribution in [3.8, 4) is 5.75 Å². The average molecular weight is 455 g/mol. The van der Waals surface area contributed by atoms with Crippen LogP contribution in [0.5, 0.6) is 5.75 Å². The maximum Gasteiger partial charge on any atom is 0.239 e. The van der Waals surface area contributed by atoms with E-state index in [1.165, 1.54) is 11.1 Å². The van der Waals surface area contributed by atoms with Crippen LogP contribution in [0.25, 0.3) is 5.57 Å². The molecule has 0 radical (unpaired) electrons. The van der Waals surface area contributed by atoms with Gasteiger partial charge in [-0.15, -0.1) is 0 Å². The molecule has 136 valence electrons. The van der Waals surface area contributed by atoms with Crippen LogP contribution in [0.1, 0.15) is 17.5 Å². The summed E-state index contributed by atoms with van der Waals surface area (Å²) >= 11 is 2.23. The van der Waals surface area contributed by atoms with Gasteiger partial charge in [0.2, 0.25) is 5.91 Å². The van der Waals surface area contributed by atoms with Gasteiger partial charge in [0.15, 0.2) is 0 Å². The summed E-state index contributed by atoms with van der Waals surface area (Å²) in [7, 11) is 5.73. The Morgan fingerprint density at radius 1 is 1.20 bits per heavy atom. The number of likely N-dealkylation sites (N-methyl/N-ethyl adjacent to an activating group) is 1. The van der Waals surface area contributed by atoms with Crippen LogP contribution in [0.15, 0.2) is 24.4 Å². The molecular formula is C19H26IN3O2. The Balaban J connectivity index is 1.78. The molecule has 1 amide bonds. The van der Waals surface area contributed by atoms with Crippen molar-refractivity contribution < 1.29 is 9.53 Å². The van der Waals surface area contributed by atoms with Gasteiger partial charge >= 0.3 is 0 Å². The van der Waals surface area contributed by atoms with Gasteiger partial charge in [-0.25, -0.2) is 0 Å². The lowest BCUT2D eigenvalue weighted by Gasteiger charge is -2.32. The SMILES string of the molecule is COc1cc(C2=CN(C)C(=O)C(I)C2)ccc1CN1CCN(C)CC1. The van der Waals surface area contributed by atoms with Crippen LogP contribution in [0.2, 0.25) is 0 Å². The standard InChI is InChI=1S/C19H26IN3O2/c1-21-6-8-23(9-7-21)13-15-5-4-14(11-18(15)25-3)16-10-17(20)19(24)22(2)12-16/h4-5,11-12,17H,6-10,13H2,1-3H3. The quantitative estimate of drug-likeness (QED) is 0.517. The largest absolute Gasteiger partial charge is 0.496 e. The number of ether oxygens (including phenoxy) is 1. The number of carbonyl (C=O) groups is 1. The van der Waals surface area contributed by atoms with Crippen molar-refractivity contribution in [2.24, 2.45) is 0 Å². The van der Waals surface area contributed by atoms with Gasteiger partial charge in [-0.1, -0.05) is 34.7 Å². The molecule has 0 N–H and O–H groups in total. The number of allylic oxidation sites excluding steroid dienone is 1. The van der Waals surface area contributed by atoms with Crippen LogP contribution in [-0.2, 0) is 11.3 Å². The molecule has 1 aromatic rings. The van der Waals surface area contributed by atoms with E-state index >= 15 is 0 Å². The highest BCUT2D eigenvalue weighted by Crippen LogP contribution is 2.32. The van der Waals surface area contributed by atoms with Crippen molar-refractivity contribution in [2.75, 3.05) is 47.4 Å². The molecule has 0 bridgehead atoms. The van der Waals surface area contributed by atoms with Crippen molar-refractivity contribution in [2.45, 2.75) is 16.9 Å². The second-order valence-electron chi connectivity index (χ2n) is 6.88. The van der Waals surface area contributed by atoms with E-state index in [2.05, 4.69) is 57.6 Å². The molecule has 6 heteroatoms. The van der Waals surface area contributed by atoms with Crippen LogP contribution in [0.3, 0.4) is 0 Å². The predicted octanol–water partition coefficient (Wildman–Crippen LogP) is 2.45. The highest BCUT2D eigenvalue weighted by molar-refractivity contribution is 14.1. The number of halogens is 1. The minimum absolute atomic E-state index is 0.00129. The second kappa shape index (κ2) is 8.05. The molecule has 1 unspecified atom stereocenters. The van der Waals surface area contributed by atoms with Crippen molar-refractivity contribution >= 4 is 34.1 Å². The zero-order valence-electron chi connectivity index (χ0n) is 15.2. The molecule has 1 atom stereocenters. The van der Waals surface area contributed by atoms with Gasteiger partial charge in [-0.05, 0) is 30.7 Å². The smallest absolute Gasteiger partial charge is 0.239 e. The Kier molecular flexibility index (Phi) is 6.01. The Labute approximate surface area is 163 Å². The molecular weight excluding hydrogens is 429 g/mol. The van der Waals surface area contributed by atoms with Crippen LogP contribution in [0.4, 0.5) is 0 Å². The van der Waals surface area contributed by atoms with E-state index in [1.54, 1.807) is 12.0 Å². The summed E-state index contributed by atoms with van der Waals surface area (Å²) in [4.78, 5) is 18.5. The summed E-state index contributed by atoms with van der Waals surface area (Å²) in [6, 6.07) is 6.45. The van der Waals surface area contributed by atoms with E-state index in [1.807, 2.05) is 13.2 Å². The van der Waals surface area contributed by atoms with E-state index in [0.29, 0.717) is 0 Å².